The third-order valence-corrected chi connectivity index (χ3v) is 5.05. The molecular formula is C19H18ClF3N4O2. The normalized spacial score (nSPS) is 12.9. The number of hydrogen-bond acceptors (Lipinski definition) is 3. The number of amides is 1. The summed E-state index contributed by atoms with van der Waals surface area (Å²) < 4.78 is 42.5. The van der Waals surface area contributed by atoms with Gasteiger partial charge in [0.15, 0.2) is 0 Å². The van der Waals surface area contributed by atoms with Crippen molar-refractivity contribution in [1.29, 1.82) is 0 Å². The minimum Gasteiger partial charge on any atom is -0.350 e. The van der Waals surface area contributed by atoms with E-state index in [1.54, 1.807) is 24.3 Å². The van der Waals surface area contributed by atoms with Crippen molar-refractivity contribution in [3.05, 3.63) is 62.5 Å². The first-order valence-corrected chi connectivity index (χ1v) is 9.07. The summed E-state index contributed by atoms with van der Waals surface area (Å²) in [4.78, 5) is 25.2. The molecule has 6 nitrogen and oxygen atoms in total. The summed E-state index contributed by atoms with van der Waals surface area (Å²) in [5, 5.41) is 6.95. The van der Waals surface area contributed by atoms with Gasteiger partial charge in [-0.05, 0) is 25.5 Å². The molecule has 0 saturated carbocycles. The quantitative estimate of drug-likeness (QED) is 0.693. The predicted molar refractivity (Wildman–Crippen MR) is 103 cm³/mol. The lowest BCUT2D eigenvalue weighted by atomic mass is 10.1. The number of fused-ring (bicyclic) bond motifs is 1. The fourth-order valence-electron chi connectivity index (χ4n) is 3.29. The van der Waals surface area contributed by atoms with Gasteiger partial charge in [-0.15, -0.1) is 0 Å². The van der Waals surface area contributed by atoms with Crippen molar-refractivity contribution in [2.75, 3.05) is 0 Å². The molecule has 0 aliphatic heterocycles. The van der Waals surface area contributed by atoms with Gasteiger partial charge in [-0.1, -0.05) is 29.8 Å². The molecule has 1 N–H and O–H groups in total. The van der Waals surface area contributed by atoms with Crippen molar-refractivity contribution in [2.45, 2.75) is 32.6 Å². The number of nitrogens with zero attached hydrogens (tertiary/aromatic N) is 3. The molecule has 1 atom stereocenters. The van der Waals surface area contributed by atoms with E-state index in [4.69, 9.17) is 11.6 Å². The van der Waals surface area contributed by atoms with E-state index in [0.717, 1.165) is 4.57 Å². The summed E-state index contributed by atoms with van der Waals surface area (Å²) >= 11 is 6.07. The molecule has 2 aromatic heterocycles. The summed E-state index contributed by atoms with van der Waals surface area (Å²) in [5.74, 6) is -0.535. The highest BCUT2D eigenvalue weighted by atomic mass is 35.5. The molecule has 3 rings (SSSR count). The largest absolute Gasteiger partial charge is 0.417 e. The number of alkyl halides is 3. The minimum absolute atomic E-state index is 0.0669. The van der Waals surface area contributed by atoms with Crippen molar-refractivity contribution < 1.29 is 18.0 Å². The van der Waals surface area contributed by atoms with Gasteiger partial charge in [0, 0.05) is 24.7 Å². The molecule has 0 spiro atoms. The summed E-state index contributed by atoms with van der Waals surface area (Å²) in [5.41, 5.74) is -1.28. The van der Waals surface area contributed by atoms with Crippen LogP contribution < -0.4 is 10.9 Å². The SMILES string of the molecule is Cc1nn(C)c2c1c(C(F)(F)F)cc(=O)n2C(C)C(=O)NCc1ccccc1Cl. The highest BCUT2D eigenvalue weighted by molar-refractivity contribution is 6.31. The van der Waals surface area contributed by atoms with Gasteiger partial charge >= 0.3 is 6.18 Å². The second kappa shape index (κ2) is 7.55. The zero-order chi connectivity index (χ0) is 21.5. The highest BCUT2D eigenvalue weighted by Crippen LogP contribution is 2.35. The fourth-order valence-corrected chi connectivity index (χ4v) is 3.50. The number of aromatic nitrogens is 3. The van der Waals surface area contributed by atoms with Crippen LogP contribution in [-0.2, 0) is 24.6 Å². The molecule has 0 aliphatic carbocycles. The lowest BCUT2D eigenvalue weighted by Gasteiger charge is -2.19. The first-order chi connectivity index (χ1) is 13.5. The van der Waals surface area contributed by atoms with Crippen LogP contribution in [0.2, 0.25) is 5.02 Å². The number of aryl methyl sites for hydroxylation is 2. The Labute approximate surface area is 168 Å². The van der Waals surface area contributed by atoms with Crippen molar-refractivity contribution in [3.63, 3.8) is 0 Å². The first-order valence-electron chi connectivity index (χ1n) is 8.69. The van der Waals surface area contributed by atoms with E-state index in [1.807, 2.05) is 0 Å². The number of rotatable bonds is 4. The smallest absolute Gasteiger partial charge is 0.350 e. The Hall–Kier alpha value is -2.81. The third kappa shape index (κ3) is 3.87. The van der Waals surface area contributed by atoms with Crippen LogP contribution in [0.15, 0.2) is 35.1 Å². The molecule has 154 valence electrons. The van der Waals surface area contributed by atoms with E-state index < -0.39 is 29.2 Å². The molecule has 10 heteroatoms. The molecular weight excluding hydrogens is 409 g/mol. The molecule has 1 amide bonds. The van der Waals surface area contributed by atoms with Crippen LogP contribution in [0.25, 0.3) is 11.0 Å². The number of carbonyl (C=O) groups is 1. The van der Waals surface area contributed by atoms with Crippen LogP contribution in [0.1, 0.15) is 29.8 Å². The van der Waals surface area contributed by atoms with Crippen molar-refractivity contribution in [1.82, 2.24) is 19.7 Å². The lowest BCUT2D eigenvalue weighted by Crippen LogP contribution is -2.36. The van der Waals surface area contributed by atoms with Gasteiger partial charge in [0.25, 0.3) is 5.56 Å². The van der Waals surface area contributed by atoms with Crippen LogP contribution in [0.4, 0.5) is 13.2 Å². The maximum Gasteiger partial charge on any atom is 0.417 e. The Balaban J connectivity index is 2.03. The van der Waals surface area contributed by atoms with E-state index in [1.165, 1.54) is 25.6 Å². The Kier molecular flexibility index (Phi) is 5.44. The lowest BCUT2D eigenvalue weighted by molar-refractivity contribution is -0.136. The van der Waals surface area contributed by atoms with Crippen LogP contribution in [-0.4, -0.2) is 20.3 Å². The monoisotopic (exact) mass is 426 g/mol. The zero-order valence-electron chi connectivity index (χ0n) is 15.8. The minimum atomic E-state index is -4.72. The Bertz CT molecular complexity index is 1150. The van der Waals surface area contributed by atoms with E-state index >= 15 is 0 Å². The maximum atomic E-state index is 13.4. The number of nitrogens with one attached hydrogen (secondary N) is 1. The van der Waals surface area contributed by atoms with Crippen molar-refractivity contribution >= 4 is 28.5 Å². The number of hydrogen-bond donors (Lipinski definition) is 1. The van der Waals surface area contributed by atoms with Gasteiger partial charge in [-0.3, -0.25) is 18.8 Å². The van der Waals surface area contributed by atoms with Crippen LogP contribution in [0.3, 0.4) is 0 Å². The maximum absolute atomic E-state index is 13.4. The van der Waals surface area contributed by atoms with Gasteiger partial charge in [-0.25, -0.2) is 0 Å². The van der Waals surface area contributed by atoms with Gasteiger partial charge < -0.3 is 5.32 Å². The summed E-state index contributed by atoms with van der Waals surface area (Å²) in [6, 6.07) is 6.37. The van der Waals surface area contributed by atoms with Gasteiger partial charge in [0.05, 0.1) is 16.6 Å². The molecule has 0 aliphatic rings. The molecule has 29 heavy (non-hydrogen) atoms. The molecule has 1 unspecified atom stereocenters. The average molecular weight is 427 g/mol. The third-order valence-electron chi connectivity index (χ3n) is 4.68. The van der Waals surface area contributed by atoms with E-state index in [0.29, 0.717) is 16.7 Å². The molecule has 3 aromatic rings. The molecule has 0 saturated heterocycles. The van der Waals surface area contributed by atoms with E-state index in [-0.39, 0.29) is 23.3 Å². The van der Waals surface area contributed by atoms with Crippen LogP contribution >= 0.6 is 11.6 Å². The molecule has 0 bridgehead atoms. The number of benzene rings is 1. The first kappa shape index (κ1) is 20.9. The predicted octanol–water partition coefficient (Wildman–Crippen LogP) is 3.59. The second-order valence-electron chi connectivity index (χ2n) is 6.66. The molecule has 0 radical (unpaired) electrons. The van der Waals surface area contributed by atoms with Gasteiger partial charge in [-0.2, -0.15) is 18.3 Å². The van der Waals surface area contributed by atoms with E-state index in [2.05, 4.69) is 10.4 Å². The Morgan fingerprint density at radius 2 is 1.97 bits per heavy atom. The highest BCUT2D eigenvalue weighted by Gasteiger charge is 2.36. The average Bonchev–Trinajstić information content (AvgIpc) is 2.93. The second-order valence-corrected chi connectivity index (χ2v) is 7.06. The number of pyridine rings is 1. The molecule has 0 fully saturated rings. The van der Waals surface area contributed by atoms with Crippen LogP contribution in [0, 0.1) is 6.92 Å². The van der Waals surface area contributed by atoms with Crippen molar-refractivity contribution in [3.8, 4) is 0 Å². The topological polar surface area (TPSA) is 68.9 Å². The van der Waals surface area contributed by atoms with Crippen molar-refractivity contribution in [2.24, 2.45) is 7.05 Å². The summed E-state index contributed by atoms with van der Waals surface area (Å²) in [6.07, 6.45) is -4.72. The van der Waals surface area contributed by atoms with E-state index in [9.17, 15) is 22.8 Å². The molecule has 1 aromatic carbocycles. The van der Waals surface area contributed by atoms with Gasteiger partial charge in [0.2, 0.25) is 5.91 Å². The number of halogens is 4. The van der Waals surface area contributed by atoms with Gasteiger partial charge in [0.1, 0.15) is 11.7 Å². The number of carbonyl (C=O) groups excluding carboxylic acids is 1. The fraction of sp³-hybridized carbons (Fsp3) is 0.316. The standard InChI is InChI=1S/C19H18ClF3N4O2/c1-10-16-13(19(21,22)23)8-15(28)27(18(16)26(3)25-10)11(2)17(29)24-9-12-6-4-5-7-14(12)20/h4-8,11H,9H2,1-3H3,(H,24,29). The Morgan fingerprint density at radius 1 is 1.31 bits per heavy atom. The molecule has 2 heterocycles. The summed E-state index contributed by atoms with van der Waals surface area (Å²) in [7, 11) is 1.43. The van der Waals surface area contributed by atoms with Crippen LogP contribution in [0.5, 0.6) is 0 Å². The summed E-state index contributed by atoms with van der Waals surface area (Å²) in [6.45, 7) is 2.98. The zero-order valence-corrected chi connectivity index (χ0v) is 16.6. The Morgan fingerprint density at radius 3 is 2.59 bits per heavy atom.